The van der Waals surface area contributed by atoms with Crippen molar-refractivity contribution in [3.05, 3.63) is 12.2 Å². The van der Waals surface area contributed by atoms with Crippen molar-refractivity contribution >= 4 is 0 Å². The van der Waals surface area contributed by atoms with Crippen LogP contribution in [0.3, 0.4) is 0 Å². The number of hydrogen-bond donors (Lipinski definition) is 1. The molecule has 1 aliphatic carbocycles. The van der Waals surface area contributed by atoms with E-state index >= 15 is 0 Å². The van der Waals surface area contributed by atoms with E-state index in [0.29, 0.717) is 0 Å². The molecule has 1 N–H and O–H groups in total. The molecule has 0 heterocycles. The molecule has 0 saturated heterocycles. The van der Waals surface area contributed by atoms with E-state index < -0.39 is 0 Å². The van der Waals surface area contributed by atoms with Gasteiger partial charge in [0.15, 0.2) is 0 Å². The molecule has 0 amide bonds. The summed E-state index contributed by atoms with van der Waals surface area (Å²) in [5.41, 5.74) is 1.35. The van der Waals surface area contributed by atoms with Crippen LogP contribution in [0.25, 0.3) is 0 Å². The molecule has 1 aliphatic rings. The van der Waals surface area contributed by atoms with Gasteiger partial charge < -0.3 is 5.32 Å². The summed E-state index contributed by atoms with van der Waals surface area (Å²) in [6, 6.07) is 0.749. The largest absolute Gasteiger partial charge is 0.314 e. The van der Waals surface area contributed by atoms with Crippen molar-refractivity contribution in [2.75, 3.05) is 6.54 Å². The fourth-order valence-electron chi connectivity index (χ4n) is 2.61. The van der Waals surface area contributed by atoms with Crippen LogP contribution >= 0.6 is 0 Å². The van der Waals surface area contributed by atoms with Gasteiger partial charge in [-0.1, -0.05) is 31.8 Å². The molecule has 14 heavy (non-hydrogen) atoms. The van der Waals surface area contributed by atoms with Gasteiger partial charge in [0.2, 0.25) is 0 Å². The number of hydrogen-bond acceptors (Lipinski definition) is 1. The van der Waals surface area contributed by atoms with E-state index in [0.717, 1.165) is 18.5 Å². The van der Waals surface area contributed by atoms with E-state index in [4.69, 9.17) is 0 Å². The molecule has 1 fully saturated rings. The zero-order valence-corrected chi connectivity index (χ0v) is 9.81. The fourth-order valence-corrected chi connectivity index (χ4v) is 2.61. The lowest BCUT2D eigenvalue weighted by molar-refractivity contribution is 0.337. The highest BCUT2D eigenvalue weighted by Crippen LogP contribution is 2.27. The van der Waals surface area contributed by atoms with E-state index in [-0.39, 0.29) is 0 Å². The lowest BCUT2D eigenvalue weighted by atomic mass is 9.89. The Morgan fingerprint density at radius 1 is 1.29 bits per heavy atom. The molecule has 2 atom stereocenters. The molecule has 0 aliphatic heterocycles. The Hall–Kier alpha value is -0.300. The summed E-state index contributed by atoms with van der Waals surface area (Å²) in [6.07, 6.45) is 8.23. The maximum atomic E-state index is 4.05. The SMILES string of the molecule is C=C(C)CC1CCCCCC1NCC. The molecule has 0 aromatic heterocycles. The Bertz CT molecular complexity index is 174. The first-order chi connectivity index (χ1) is 6.74. The Kier molecular flexibility index (Phi) is 5.24. The molecular weight excluding hydrogens is 170 g/mol. The molecule has 0 radical (unpaired) electrons. The second-order valence-corrected chi connectivity index (χ2v) is 4.72. The molecule has 1 heteroatoms. The standard InChI is InChI=1S/C13H25N/c1-4-14-13-9-7-5-6-8-12(13)10-11(2)3/h12-14H,2,4-10H2,1,3H3. The zero-order chi connectivity index (χ0) is 10.4. The van der Waals surface area contributed by atoms with Crippen molar-refractivity contribution in [3.8, 4) is 0 Å². The number of nitrogens with one attached hydrogen (secondary N) is 1. The Morgan fingerprint density at radius 2 is 2.00 bits per heavy atom. The Labute approximate surface area is 89.0 Å². The lowest BCUT2D eigenvalue weighted by Crippen LogP contribution is -2.35. The molecule has 2 unspecified atom stereocenters. The van der Waals surface area contributed by atoms with Gasteiger partial charge in [0.05, 0.1) is 0 Å². The van der Waals surface area contributed by atoms with Gasteiger partial charge in [0.25, 0.3) is 0 Å². The summed E-state index contributed by atoms with van der Waals surface area (Å²) >= 11 is 0. The summed E-state index contributed by atoms with van der Waals surface area (Å²) < 4.78 is 0. The van der Waals surface area contributed by atoms with Gasteiger partial charge in [-0.3, -0.25) is 0 Å². The van der Waals surface area contributed by atoms with Crippen molar-refractivity contribution in [2.24, 2.45) is 5.92 Å². The zero-order valence-electron chi connectivity index (χ0n) is 9.81. The van der Waals surface area contributed by atoms with Crippen molar-refractivity contribution < 1.29 is 0 Å². The van der Waals surface area contributed by atoms with Crippen LogP contribution in [0.1, 0.15) is 52.4 Å². The predicted molar refractivity (Wildman–Crippen MR) is 63.5 cm³/mol. The number of allylic oxidation sites excluding steroid dienone is 1. The van der Waals surface area contributed by atoms with Crippen LogP contribution in [0, 0.1) is 5.92 Å². The van der Waals surface area contributed by atoms with E-state index in [1.165, 1.54) is 44.1 Å². The smallest absolute Gasteiger partial charge is 0.00982 e. The summed E-state index contributed by atoms with van der Waals surface area (Å²) in [5.74, 6) is 0.843. The van der Waals surface area contributed by atoms with Crippen molar-refractivity contribution in [1.29, 1.82) is 0 Å². The average Bonchev–Trinajstić information content (AvgIpc) is 2.32. The topological polar surface area (TPSA) is 12.0 Å². The van der Waals surface area contributed by atoms with Crippen LogP contribution in [0.15, 0.2) is 12.2 Å². The van der Waals surface area contributed by atoms with Gasteiger partial charge in [-0.2, -0.15) is 0 Å². The quantitative estimate of drug-likeness (QED) is 0.534. The molecule has 82 valence electrons. The van der Waals surface area contributed by atoms with E-state index in [2.05, 4.69) is 25.7 Å². The van der Waals surface area contributed by atoms with Crippen molar-refractivity contribution in [3.63, 3.8) is 0 Å². The minimum atomic E-state index is 0.749. The predicted octanol–water partition coefficient (Wildman–Crippen LogP) is 3.51. The van der Waals surface area contributed by atoms with Gasteiger partial charge in [-0.15, -0.1) is 6.58 Å². The normalized spacial score (nSPS) is 28.4. The molecular formula is C13H25N. The maximum Gasteiger partial charge on any atom is 0.00982 e. The maximum absolute atomic E-state index is 4.05. The van der Waals surface area contributed by atoms with Crippen molar-refractivity contribution in [2.45, 2.75) is 58.4 Å². The van der Waals surface area contributed by atoms with E-state index in [1.54, 1.807) is 0 Å². The van der Waals surface area contributed by atoms with Crippen molar-refractivity contribution in [1.82, 2.24) is 5.32 Å². The summed E-state index contributed by atoms with van der Waals surface area (Å²) in [7, 11) is 0. The molecule has 0 aromatic carbocycles. The molecule has 1 rings (SSSR count). The minimum Gasteiger partial charge on any atom is -0.314 e. The monoisotopic (exact) mass is 195 g/mol. The van der Waals surface area contributed by atoms with E-state index in [9.17, 15) is 0 Å². The highest BCUT2D eigenvalue weighted by Gasteiger charge is 2.22. The molecule has 0 aromatic rings. The summed E-state index contributed by atoms with van der Waals surface area (Å²) in [4.78, 5) is 0. The van der Waals surface area contributed by atoms with Gasteiger partial charge in [0, 0.05) is 6.04 Å². The lowest BCUT2D eigenvalue weighted by Gasteiger charge is -2.26. The van der Waals surface area contributed by atoms with Crippen LogP contribution in [0.2, 0.25) is 0 Å². The van der Waals surface area contributed by atoms with Gasteiger partial charge in [-0.05, 0) is 38.6 Å². The summed E-state index contributed by atoms with van der Waals surface area (Å²) in [5, 5.41) is 3.64. The second-order valence-electron chi connectivity index (χ2n) is 4.72. The third kappa shape index (κ3) is 3.83. The Balaban J connectivity index is 2.49. The first-order valence-electron chi connectivity index (χ1n) is 6.11. The van der Waals surface area contributed by atoms with Gasteiger partial charge >= 0.3 is 0 Å². The highest BCUT2D eigenvalue weighted by atomic mass is 14.9. The van der Waals surface area contributed by atoms with Gasteiger partial charge in [-0.25, -0.2) is 0 Å². The molecule has 0 spiro atoms. The van der Waals surface area contributed by atoms with Crippen LogP contribution < -0.4 is 5.32 Å². The number of rotatable bonds is 4. The molecule has 1 saturated carbocycles. The fraction of sp³-hybridized carbons (Fsp3) is 0.846. The second kappa shape index (κ2) is 6.23. The van der Waals surface area contributed by atoms with Crippen LogP contribution in [0.4, 0.5) is 0 Å². The highest BCUT2D eigenvalue weighted by molar-refractivity contribution is 4.94. The average molecular weight is 195 g/mol. The van der Waals surface area contributed by atoms with Crippen LogP contribution in [0.5, 0.6) is 0 Å². The minimum absolute atomic E-state index is 0.749. The van der Waals surface area contributed by atoms with Crippen LogP contribution in [-0.2, 0) is 0 Å². The van der Waals surface area contributed by atoms with Crippen LogP contribution in [-0.4, -0.2) is 12.6 Å². The third-order valence-electron chi connectivity index (χ3n) is 3.24. The first kappa shape index (κ1) is 11.8. The van der Waals surface area contributed by atoms with Gasteiger partial charge in [0.1, 0.15) is 0 Å². The molecule has 0 bridgehead atoms. The molecule has 1 nitrogen and oxygen atoms in total. The Morgan fingerprint density at radius 3 is 2.64 bits per heavy atom. The first-order valence-corrected chi connectivity index (χ1v) is 6.11. The van der Waals surface area contributed by atoms with E-state index in [1.807, 2.05) is 0 Å². The third-order valence-corrected chi connectivity index (χ3v) is 3.24. The summed E-state index contributed by atoms with van der Waals surface area (Å²) in [6.45, 7) is 9.53.